The first-order valence-corrected chi connectivity index (χ1v) is 9.56. The largest absolute Gasteiger partial charge is 0.490 e. The zero-order chi connectivity index (χ0) is 23.8. The quantitative estimate of drug-likeness (QED) is 0.580. The van der Waals surface area contributed by atoms with Crippen molar-refractivity contribution < 1.29 is 41.4 Å². The minimum atomic E-state index is -5.08. The summed E-state index contributed by atoms with van der Waals surface area (Å²) in [5, 5.41) is 10.3. The monoisotopic (exact) mass is 468 g/mol. The molecule has 1 aliphatic rings. The van der Waals surface area contributed by atoms with Gasteiger partial charge in [-0.05, 0) is 24.3 Å². The van der Waals surface area contributed by atoms with Gasteiger partial charge >= 0.3 is 12.1 Å². The van der Waals surface area contributed by atoms with Gasteiger partial charge in [0.05, 0.1) is 37.8 Å². The van der Waals surface area contributed by atoms with Crippen molar-refractivity contribution in [2.24, 2.45) is 0 Å². The molecule has 2 N–H and O–H groups in total. The van der Waals surface area contributed by atoms with Crippen molar-refractivity contribution in [3.05, 3.63) is 66.4 Å². The van der Waals surface area contributed by atoms with Gasteiger partial charge in [-0.15, -0.1) is 0 Å². The first-order valence-electron chi connectivity index (χ1n) is 9.56. The second-order valence-electron chi connectivity index (χ2n) is 6.64. The Kier molecular flexibility index (Phi) is 7.66. The van der Waals surface area contributed by atoms with Gasteiger partial charge in [-0.2, -0.15) is 13.2 Å². The summed E-state index contributed by atoms with van der Waals surface area (Å²) in [6.07, 6.45) is 1.14. The Morgan fingerprint density at radius 1 is 1.24 bits per heavy atom. The normalized spacial score (nSPS) is 16.0. The average molecular weight is 468 g/mol. The lowest BCUT2D eigenvalue weighted by molar-refractivity contribution is -0.192. The van der Waals surface area contributed by atoms with E-state index in [0.29, 0.717) is 43.5 Å². The molecule has 1 amide bonds. The molecule has 3 aromatic heterocycles. The summed E-state index contributed by atoms with van der Waals surface area (Å²) in [7, 11) is 0. The summed E-state index contributed by atoms with van der Waals surface area (Å²) in [6.45, 7) is 1.83. The number of aromatic nitrogens is 2. The molecule has 0 aliphatic carbocycles. The van der Waals surface area contributed by atoms with E-state index in [1.165, 1.54) is 12.5 Å². The number of carboxylic acid groups (broad SMARTS) is 1. The molecule has 1 fully saturated rings. The van der Waals surface area contributed by atoms with E-state index in [-0.39, 0.29) is 11.9 Å². The number of hydrogen-bond donors (Lipinski definition) is 2. The van der Waals surface area contributed by atoms with Crippen LogP contribution >= 0.6 is 0 Å². The zero-order valence-corrected chi connectivity index (χ0v) is 17.0. The summed E-state index contributed by atoms with van der Waals surface area (Å²) >= 11 is 0. The molecule has 0 spiro atoms. The number of anilines is 1. The molecule has 10 nitrogen and oxygen atoms in total. The van der Waals surface area contributed by atoms with Crippen LogP contribution in [0.1, 0.15) is 28.0 Å². The Bertz CT molecular complexity index is 1040. The van der Waals surface area contributed by atoms with E-state index in [2.05, 4.69) is 15.3 Å². The van der Waals surface area contributed by atoms with Crippen molar-refractivity contribution in [2.45, 2.75) is 18.8 Å². The number of nitrogens with one attached hydrogen (secondary N) is 1. The Labute approximate surface area is 185 Å². The summed E-state index contributed by atoms with van der Waals surface area (Å²) in [5.41, 5.74) is 0.504. The van der Waals surface area contributed by atoms with E-state index < -0.39 is 12.1 Å². The second kappa shape index (κ2) is 10.6. The van der Waals surface area contributed by atoms with Crippen molar-refractivity contribution in [1.29, 1.82) is 0 Å². The number of morpholine rings is 1. The topological polar surface area (TPSA) is 131 Å². The van der Waals surface area contributed by atoms with Crippen molar-refractivity contribution in [3.63, 3.8) is 0 Å². The van der Waals surface area contributed by atoms with Crippen LogP contribution in [0.3, 0.4) is 0 Å². The van der Waals surface area contributed by atoms with E-state index in [1.54, 1.807) is 29.5 Å². The molecule has 4 heterocycles. The average Bonchev–Trinajstić information content (AvgIpc) is 3.52. The van der Waals surface area contributed by atoms with E-state index in [0.717, 1.165) is 5.76 Å². The Morgan fingerprint density at radius 2 is 2.03 bits per heavy atom. The maximum atomic E-state index is 12.7. The number of carbonyl (C=O) groups excluding carboxylic acids is 1. The van der Waals surface area contributed by atoms with Crippen LogP contribution in [0, 0.1) is 0 Å². The van der Waals surface area contributed by atoms with Gasteiger partial charge in [-0.1, -0.05) is 0 Å². The van der Waals surface area contributed by atoms with Crippen LogP contribution < -0.4 is 5.32 Å². The number of rotatable bonds is 5. The Morgan fingerprint density at radius 3 is 2.67 bits per heavy atom. The maximum Gasteiger partial charge on any atom is 0.490 e. The molecule has 1 unspecified atom stereocenters. The third-order valence-corrected chi connectivity index (χ3v) is 4.40. The van der Waals surface area contributed by atoms with Crippen LogP contribution in [0.4, 0.5) is 19.0 Å². The fraction of sp³-hybridized carbons (Fsp3) is 0.300. The van der Waals surface area contributed by atoms with Gasteiger partial charge in [0, 0.05) is 12.7 Å². The van der Waals surface area contributed by atoms with Crippen molar-refractivity contribution in [2.75, 3.05) is 25.1 Å². The zero-order valence-electron chi connectivity index (χ0n) is 17.0. The van der Waals surface area contributed by atoms with Crippen LogP contribution in [0.5, 0.6) is 0 Å². The number of ether oxygens (including phenoxy) is 1. The molecule has 33 heavy (non-hydrogen) atoms. The molecular weight excluding hydrogens is 449 g/mol. The standard InChI is InChI=1S/C18H18N4O4.C2HF3O2/c23-18(13-4-8-24-11-13)22-6-9-25-12-15(22)17-19-5-3-16(21-17)20-10-14-2-1-7-26-14;3-2(4,5)1(6)7/h1-5,7-8,11,15H,6,9-10,12H2,(H,19,20,21);(H,6,7). The first kappa shape index (κ1) is 23.8. The van der Waals surface area contributed by atoms with Gasteiger partial charge < -0.3 is 28.9 Å². The Balaban J connectivity index is 0.000000383. The highest BCUT2D eigenvalue weighted by molar-refractivity contribution is 5.94. The van der Waals surface area contributed by atoms with E-state index in [9.17, 15) is 18.0 Å². The predicted octanol–water partition coefficient (Wildman–Crippen LogP) is 3.12. The van der Waals surface area contributed by atoms with Crippen LogP contribution in [-0.4, -0.2) is 57.8 Å². The van der Waals surface area contributed by atoms with Crippen LogP contribution in [0.2, 0.25) is 0 Å². The van der Waals surface area contributed by atoms with Crippen molar-refractivity contribution in [1.82, 2.24) is 14.9 Å². The molecule has 1 atom stereocenters. The van der Waals surface area contributed by atoms with Gasteiger partial charge in [0.2, 0.25) is 0 Å². The molecule has 3 aromatic rings. The number of nitrogens with zero attached hydrogens (tertiary/aromatic N) is 3. The molecule has 1 saturated heterocycles. The summed E-state index contributed by atoms with van der Waals surface area (Å²) in [4.78, 5) is 32.3. The second-order valence-corrected chi connectivity index (χ2v) is 6.64. The lowest BCUT2D eigenvalue weighted by Gasteiger charge is -2.34. The highest BCUT2D eigenvalue weighted by Gasteiger charge is 2.38. The number of halogens is 3. The van der Waals surface area contributed by atoms with Gasteiger partial charge in [-0.25, -0.2) is 14.8 Å². The predicted molar refractivity (Wildman–Crippen MR) is 105 cm³/mol. The molecule has 13 heteroatoms. The SMILES string of the molecule is O=C(O)C(F)(F)F.O=C(c1ccoc1)N1CCOCC1c1nccc(NCc2ccco2)n1. The minimum absolute atomic E-state index is 0.121. The van der Waals surface area contributed by atoms with Crippen molar-refractivity contribution >= 4 is 17.7 Å². The number of carbonyl (C=O) groups is 2. The van der Waals surface area contributed by atoms with Gasteiger partial charge in [0.15, 0.2) is 5.82 Å². The van der Waals surface area contributed by atoms with Crippen LogP contribution in [0.25, 0.3) is 0 Å². The number of furan rings is 2. The summed E-state index contributed by atoms with van der Waals surface area (Å²) in [6, 6.07) is 6.79. The molecule has 0 aromatic carbocycles. The smallest absolute Gasteiger partial charge is 0.475 e. The van der Waals surface area contributed by atoms with Gasteiger partial charge in [-0.3, -0.25) is 4.79 Å². The fourth-order valence-electron chi connectivity index (χ4n) is 2.84. The first-order chi connectivity index (χ1) is 15.8. The minimum Gasteiger partial charge on any atom is -0.475 e. The van der Waals surface area contributed by atoms with Crippen LogP contribution in [-0.2, 0) is 16.1 Å². The summed E-state index contributed by atoms with van der Waals surface area (Å²) < 4.78 is 47.6. The van der Waals surface area contributed by atoms with E-state index in [4.69, 9.17) is 23.5 Å². The van der Waals surface area contributed by atoms with Gasteiger partial charge in [0.1, 0.15) is 23.9 Å². The number of alkyl halides is 3. The molecule has 0 bridgehead atoms. The van der Waals surface area contributed by atoms with Crippen molar-refractivity contribution in [3.8, 4) is 0 Å². The summed E-state index contributed by atoms with van der Waals surface area (Å²) in [5.74, 6) is -0.876. The maximum absolute atomic E-state index is 12.7. The molecular formula is C20H19F3N4O6. The highest BCUT2D eigenvalue weighted by Crippen LogP contribution is 2.24. The number of hydrogen-bond acceptors (Lipinski definition) is 8. The van der Waals surface area contributed by atoms with Crippen LogP contribution in [0.15, 0.2) is 58.1 Å². The van der Waals surface area contributed by atoms with Gasteiger partial charge in [0.25, 0.3) is 5.91 Å². The molecule has 4 rings (SSSR count). The highest BCUT2D eigenvalue weighted by atomic mass is 19.4. The third-order valence-electron chi connectivity index (χ3n) is 4.40. The number of aliphatic carboxylic acids is 1. The number of carboxylic acids is 1. The molecule has 1 aliphatic heterocycles. The number of amides is 1. The third kappa shape index (κ3) is 6.55. The lowest BCUT2D eigenvalue weighted by atomic mass is 10.1. The Hall–Kier alpha value is -3.87. The van der Waals surface area contributed by atoms with E-state index >= 15 is 0 Å². The lowest BCUT2D eigenvalue weighted by Crippen LogP contribution is -2.44. The molecule has 176 valence electrons. The fourth-order valence-corrected chi connectivity index (χ4v) is 2.84. The molecule has 0 saturated carbocycles. The molecule has 0 radical (unpaired) electrons. The van der Waals surface area contributed by atoms with E-state index in [1.807, 2.05) is 12.1 Å².